The molecule has 1 heterocycles. The smallest absolute Gasteiger partial charge is 0.319 e. The molecule has 2 amide bonds. The Morgan fingerprint density at radius 2 is 2.00 bits per heavy atom. The average molecular weight is 226 g/mol. The van der Waals surface area contributed by atoms with Gasteiger partial charge in [-0.1, -0.05) is 0 Å². The Morgan fingerprint density at radius 1 is 1.31 bits per heavy atom. The second-order valence-electron chi connectivity index (χ2n) is 4.28. The minimum absolute atomic E-state index is 0.0875. The Labute approximate surface area is 92.6 Å². The largest absolute Gasteiger partial charge is 0.480 e. The molecule has 1 saturated heterocycles. The summed E-state index contributed by atoms with van der Waals surface area (Å²) in [4.78, 5) is 35.5. The quantitative estimate of drug-likeness (QED) is 0.603. The van der Waals surface area contributed by atoms with Gasteiger partial charge in [-0.25, -0.2) is 0 Å². The summed E-state index contributed by atoms with van der Waals surface area (Å²) in [5.41, 5.74) is -1.19. The van der Waals surface area contributed by atoms with Gasteiger partial charge in [-0.2, -0.15) is 0 Å². The van der Waals surface area contributed by atoms with Crippen molar-refractivity contribution >= 4 is 17.8 Å². The monoisotopic (exact) mass is 226 g/mol. The van der Waals surface area contributed by atoms with Crippen molar-refractivity contribution in [1.82, 2.24) is 10.2 Å². The molecular formula is C10H14N2O4. The van der Waals surface area contributed by atoms with Crippen molar-refractivity contribution in [2.45, 2.75) is 19.3 Å². The molecule has 1 saturated carbocycles. The normalized spacial score (nSPS) is 23.2. The Kier molecular flexibility index (Phi) is 2.57. The molecule has 2 N–H and O–H groups in total. The summed E-state index contributed by atoms with van der Waals surface area (Å²) in [6.07, 6.45) is 1.08. The van der Waals surface area contributed by atoms with E-state index >= 15 is 0 Å². The molecule has 1 aliphatic heterocycles. The first-order valence-electron chi connectivity index (χ1n) is 5.36. The van der Waals surface area contributed by atoms with Gasteiger partial charge in [0.15, 0.2) is 0 Å². The van der Waals surface area contributed by atoms with Crippen LogP contribution in [0.1, 0.15) is 19.3 Å². The van der Waals surface area contributed by atoms with Gasteiger partial charge in [0.2, 0.25) is 11.8 Å². The van der Waals surface area contributed by atoms with E-state index in [-0.39, 0.29) is 18.2 Å². The minimum Gasteiger partial charge on any atom is -0.480 e. The topological polar surface area (TPSA) is 86.7 Å². The number of carboxylic acid groups (broad SMARTS) is 1. The zero-order chi connectivity index (χ0) is 11.8. The van der Waals surface area contributed by atoms with Gasteiger partial charge in [-0.05, 0) is 12.8 Å². The first kappa shape index (κ1) is 10.9. The highest BCUT2D eigenvalue weighted by Gasteiger charge is 2.58. The van der Waals surface area contributed by atoms with Crippen LogP contribution < -0.4 is 5.32 Å². The lowest BCUT2D eigenvalue weighted by molar-refractivity contribution is -0.153. The molecule has 2 fully saturated rings. The standard InChI is InChI=1S/C10H14N2O4/c13-7-1-5-12(6-4-11-7)8(14)10(2-3-10)9(15)16/h1-6H2,(H,11,13)(H,15,16). The van der Waals surface area contributed by atoms with Crippen molar-refractivity contribution in [3.05, 3.63) is 0 Å². The van der Waals surface area contributed by atoms with E-state index in [1.165, 1.54) is 4.90 Å². The van der Waals surface area contributed by atoms with Crippen LogP contribution in [0.5, 0.6) is 0 Å². The number of carbonyl (C=O) groups is 3. The summed E-state index contributed by atoms with van der Waals surface area (Å²) in [5.74, 6) is -1.46. The Balaban J connectivity index is 2.05. The van der Waals surface area contributed by atoms with E-state index < -0.39 is 11.4 Å². The van der Waals surface area contributed by atoms with Crippen molar-refractivity contribution in [2.75, 3.05) is 19.6 Å². The third-order valence-electron chi connectivity index (χ3n) is 3.17. The molecule has 88 valence electrons. The van der Waals surface area contributed by atoms with Gasteiger partial charge in [0.1, 0.15) is 5.41 Å². The van der Waals surface area contributed by atoms with Crippen molar-refractivity contribution < 1.29 is 19.5 Å². The fourth-order valence-corrected chi connectivity index (χ4v) is 1.92. The van der Waals surface area contributed by atoms with E-state index in [0.717, 1.165) is 0 Å². The fourth-order valence-electron chi connectivity index (χ4n) is 1.92. The molecule has 0 aromatic rings. The molecule has 6 nitrogen and oxygen atoms in total. The number of hydrogen-bond acceptors (Lipinski definition) is 3. The van der Waals surface area contributed by atoms with Crippen LogP contribution in [-0.2, 0) is 14.4 Å². The lowest BCUT2D eigenvalue weighted by Crippen LogP contribution is -2.42. The van der Waals surface area contributed by atoms with E-state index in [1.807, 2.05) is 0 Å². The SMILES string of the molecule is O=C1CCN(C(=O)C2(C(=O)O)CC2)CCN1. The van der Waals surface area contributed by atoms with E-state index in [0.29, 0.717) is 32.5 Å². The number of rotatable bonds is 2. The van der Waals surface area contributed by atoms with Gasteiger partial charge in [0.05, 0.1) is 0 Å². The number of amides is 2. The average Bonchev–Trinajstić information content (AvgIpc) is 3.01. The van der Waals surface area contributed by atoms with Crippen LogP contribution in [0.3, 0.4) is 0 Å². The third-order valence-corrected chi connectivity index (χ3v) is 3.17. The lowest BCUT2D eigenvalue weighted by atomic mass is 10.1. The summed E-state index contributed by atoms with van der Waals surface area (Å²) in [6, 6.07) is 0. The van der Waals surface area contributed by atoms with E-state index in [4.69, 9.17) is 5.11 Å². The Bertz CT molecular complexity index is 349. The predicted octanol–water partition coefficient (Wildman–Crippen LogP) is -0.800. The summed E-state index contributed by atoms with van der Waals surface area (Å²) >= 11 is 0. The van der Waals surface area contributed by atoms with E-state index in [2.05, 4.69) is 5.32 Å². The highest BCUT2D eigenvalue weighted by atomic mass is 16.4. The number of nitrogens with one attached hydrogen (secondary N) is 1. The van der Waals surface area contributed by atoms with Gasteiger partial charge >= 0.3 is 5.97 Å². The Hall–Kier alpha value is -1.59. The molecule has 16 heavy (non-hydrogen) atoms. The fraction of sp³-hybridized carbons (Fsp3) is 0.700. The number of aliphatic carboxylic acids is 1. The van der Waals surface area contributed by atoms with Gasteiger partial charge in [0, 0.05) is 26.1 Å². The van der Waals surface area contributed by atoms with Crippen molar-refractivity contribution in [3.63, 3.8) is 0 Å². The summed E-state index contributed by atoms with van der Waals surface area (Å²) in [6.45, 7) is 1.12. The molecule has 2 rings (SSSR count). The maximum atomic E-state index is 12.0. The molecule has 1 aliphatic carbocycles. The lowest BCUT2D eigenvalue weighted by Gasteiger charge is -2.23. The maximum absolute atomic E-state index is 12.0. The number of carbonyl (C=O) groups excluding carboxylic acids is 2. The zero-order valence-electron chi connectivity index (χ0n) is 8.86. The Morgan fingerprint density at radius 3 is 2.56 bits per heavy atom. The second-order valence-corrected chi connectivity index (χ2v) is 4.28. The summed E-state index contributed by atoms with van der Waals surface area (Å²) < 4.78 is 0. The van der Waals surface area contributed by atoms with Gasteiger partial charge in [-0.3, -0.25) is 14.4 Å². The molecule has 0 atom stereocenters. The molecule has 0 radical (unpaired) electrons. The molecule has 0 bridgehead atoms. The van der Waals surface area contributed by atoms with Gasteiger partial charge < -0.3 is 15.3 Å². The number of hydrogen-bond donors (Lipinski definition) is 2. The summed E-state index contributed by atoms with van der Waals surface area (Å²) in [5, 5.41) is 11.6. The highest BCUT2D eigenvalue weighted by molar-refractivity contribution is 6.05. The van der Waals surface area contributed by atoms with Crippen LogP contribution in [0, 0.1) is 5.41 Å². The van der Waals surface area contributed by atoms with Crippen LogP contribution in [0.15, 0.2) is 0 Å². The van der Waals surface area contributed by atoms with E-state index in [1.54, 1.807) is 0 Å². The van der Waals surface area contributed by atoms with Crippen molar-refractivity contribution in [3.8, 4) is 0 Å². The minimum atomic E-state index is -1.19. The van der Waals surface area contributed by atoms with Crippen LogP contribution in [-0.4, -0.2) is 47.4 Å². The van der Waals surface area contributed by atoms with Crippen LogP contribution in [0.2, 0.25) is 0 Å². The highest BCUT2D eigenvalue weighted by Crippen LogP contribution is 2.47. The van der Waals surface area contributed by atoms with Crippen molar-refractivity contribution in [2.24, 2.45) is 5.41 Å². The van der Waals surface area contributed by atoms with Crippen molar-refractivity contribution in [1.29, 1.82) is 0 Å². The number of nitrogens with zero attached hydrogens (tertiary/aromatic N) is 1. The molecule has 6 heteroatoms. The summed E-state index contributed by atoms with van der Waals surface area (Å²) in [7, 11) is 0. The zero-order valence-corrected chi connectivity index (χ0v) is 8.86. The number of carboxylic acids is 1. The third kappa shape index (κ3) is 1.75. The van der Waals surface area contributed by atoms with Crippen LogP contribution >= 0.6 is 0 Å². The van der Waals surface area contributed by atoms with E-state index in [9.17, 15) is 14.4 Å². The maximum Gasteiger partial charge on any atom is 0.319 e. The predicted molar refractivity (Wildman–Crippen MR) is 53.5 cm³/mol. The molecular weight excluding hydrogens is 212 g/mol. The first-order chi connectivity index (χ1) is 7.56. The van der Waals surface area contributed by atoms with Gasteiger partial charge in [-0.15, -0.1) is 0 Å². The molecule has 0 unspecified atom stereocenters. The van der Waals surface area contributed by atoms with Crippen LogP contribution in [0.4, 0.5) is 0 Å². The molecule has 0 spiro atoms. The first-order valence-corrected chi connectivity index (χ1v) is 5.36. The molecule has 2 aliphatic rings. The molecule has 0 aromatic carbocycles. The second kappa shape index (κ2) is 3.77. The van der Waals surface area contributed by atoms with Crippen LogP contribution in [0.25, 0.3) is 0 Å². The molecule has 0 aromatic heterocycles. The van der Waals surface area contributed by atoms with Gasteiger partial charge in [0.25, 0.3) is 0 Å².